The van der Waals surface area contributed by atoms with Crippen LogP contribution in [0.1, 0.15) is 36.7 Å². The number of hydrogen-bond acceptors (Lipinski definition) is 2. The lowest BCUT2D eigenvalue weighted by atomic mass is 9.99. The topological polar surface area (TPSA) is 46.5 Å². The normalized spacial score (nSPS) is 15.5. The largest absolute Gasteiger partial charge is 0.495 e. The highest BCUT2D eigenvalue weighted by molar-refractivity contribution is 5.91. The Morgan fingerprint density at radius 2 is 1.93 bits per heavy atom. The number of amides is 2. The number of hydrogen-bond donors (Lipinski definition) is 1. The van der Waals surface area contributed by atoms with Crippen LogP contribution in [0.2, 0.25) is 0 Å². The minimum atomic E-state index is -0.128. The summed E-state index contributed by atoms with van der Waals surface area (Å²) in [5.41, 5.74) is 5.13. The van der Waals surface area contributed by atoms with Gasteiger partial charge in [0.2, 0.25) is 0 Å². The number of carbonyl (C=O) groups is 1. The molecule has 5 heteroatoms. The van der Waals surface area contributed by atoms with Crippen molar-refractivity contribution in [1.82, 2.24) is 9.47 Å². The Bertz CT molecular complexity index is 1040. The van der Waals surface area contributed by atoms with Crippen LogP contribution in [0.25, 0.3) is 5.69 Å². The summed E-state index contributed by atoms with van der Waals surface area (Å²) in [6.07, 6.45) is 2.08. The van der Waals surface area contributed by atoms with E-state index in [0.29, 0.717) is 18.0 Å². The Labute approximate surface area is 171 Å². The fourth-order valence-electron chi connectivity index (χ4n) is 4.18. The summed E-state index contributed by atoms with van der Waals surface area (Å²) in [5.74, 6) is 0.909. The number of benzene rings is 2. The smallest absolute Gasteiger partial charge is 0.322 e. The summed E-state index contributed by atoms with van der Waals surface area (Å²) < 4.78 is 7.66. The molecule has 2 heterocycles. The molecule has 5 nitrogen and oxygen atoms in total. The molecule has 4 rings (SSSR count). The predicted molar refractivity (Wildman–Crippen MR) is 116 cm³/mol. The first-order valence-electron chi connectivity index (χ1n) is 9.97. The molecule has 0 spiro atoms. The fraction of sp³-hybridized carbons (Fsp3) is 0.292. The molecule has 2 aromatic carbocycles. The molecule has 29 heavy (non-hydrogen) atoms. The first-order chi connectivity index (χ1) is 14.0. The van der Waals surface area contributed by atoms with Gasteiger partial charge < -0.3 is 19.5 Å². The van der Waals surface area contributed by atoms with Gasteiger partial charge in [-0.1, -0.05) is 38.1 Å². The van der Waals surface area contributed by atoms with Crippen LogP contribution in [-0.4, -0.2) is 22.6 Å². The lowest BCUT2D eigenvalue weighted by molar-refractivity contribution is 0.162. The Morgan fingerprint density at radius 3 is 2.69 bits per heavy atom. The van der Waals surface area contributed by atoms with E-state index in [1.807, 2.05) is 48.2 Å². The molecular formula is C24H27N3O2. The van der Waals surface area contributed by atoms with Crippen LogP contribution in [0.15, 0.2) is 60.8 Å². The number of para-hydroxylation sites is 1. The summed E-state index contributed by atoms with van der Waals surface area (Å²) in [6.45, 7) is 6.86. The van der Waals surface area contributed by atoms with E-state index in [0.717, 1.165) is 22.5 Å². The Kier molecular flexibility index (Phi) is 5.05. The van der Waals surface area contributed by atoms with Gasteiger partial charge in [0.1, 0.15) is 5.75 Å². The molecule has 1 atom stereocenters. The molecule has 0 aliphatic carbocycles. The minimum absolute atomic E-state index is 0.0480. The summed E-state index contributed by atoms with van der Waals surface area (Å²) in [7, 11) is 1.62. The van der Waals surface area contributed by atoms with Crippen molar-refractivity contribution in [3.05, 3.63) is 77.6 Å². The highest BCUT2D eigenvalue weighted by Gasteiger charge is 2.33. The standard InChI is InChI=1S/C24H27N3O2/c1-16(2)23-21-10-7-13-26(21)20-9-6-5-8-18(20)15-27(23)24(28)25-19-14-17(3)11-12-22(19)29-4/h5-14,16,23H,15H2,1-4H3,(H,25,28). The van der Waals surface area contributed by atoms with Gasteiger partial charge in [0.05, 0.1) is 31.1 Å². The lowest BCUT2D eigenvalue weighted by Gasteiger charge is -2.33. The number of nitrogens with one attached hydrogen (secondary N) is 1. The second-order valence-corrected chi connectivity index (χ2v) is 7.88. The number of methoxy groups -OCH3 is 1. The van der Waals surface area contributed by atoms with Crippen LogP contribution in [0.5, 0.6) is 5.75 Å². The molecule has 1 aliphatic heterocycles. The molecule has 0 bridgehead atoms. The van der Waals surface area contributed by atoms with Crippen molar-refractivity contribution < 1.29 is 9.53 Å². The Balaban J connectivity index is 1.76. The average molecular weight is 389 g/mol. The van der Waals surface area contributed by atoms with Crippen molar-refractivity contribution in [1.29, 1.82) is 0 Å². The second kappa shape index (κ2) is 7.66. The number of aryl methyl sites for hydroxylation is 1. The van der Waals surface area contributed by atoms with E-state index in [1.165, 1.54) is 0 Å². The fourth-order valence-corrected chi connectivity index (χ4v) is 4.18. The van der Waals surface area contributed by atoms with Gasteiger partial charge in [-0.25, -0.2) is 4.79 Å². The van der Waals surface area contributed by atoms with Crippen LogP contribution in [0.4, 0.5) is 10.5 Å². The molecule has 0 fully saturated rings. The van der Waals surface area contributed by atoms with E-state index in [2.05, 4.69) is 48.1 Å². The molecular weight excluding hydrogens is 362 g/mol. The maximum atomic E-state index is 13.5. The van der Waals surface area contributed by atoms with Crippen molar-refractivity contribution in [2.75, 3.05) is 12.4 Å². The molecule has 2 amide bonds. The number of fused-ring (bicyclic) bond motifs is 3. The van der Waals surface area contributed by atoms with Gasteiger partial charge in [-0.05, 0) is 54.3 Å². The molecule has 0 saturated carbocycles. The minimum Gasteiger partial charge on any atom is -0.495 e. The number of carbonyl (C=O) groups excluding carboxylic acids is 1. The molecule has 1 N–H and O–H groups in total. The lowest BCUT2D eigenvalue weighted by Crippen LogP contribution is -2.39. The third kappa shape index (κ3) is 3.48. The van der Waals surface area contributed by atoms with E-state index in [1.54, 1.807) is 7.11 Å². The van der Waals surface area contributed by atoms with Crippen molar-refractivity contribution in [2.24, 2.45) is 5.92 Å². The van der Waals surface area contributed by atoms with Crippen LogP contribution >= 0.6 is 0 Å². The van der Waals surface area contributed by atoms with Crippen molar-refractivity contribution in [3.63, 3.8) is 0 Å². The molecule has 1 aliphatic rings. The van der Waals surface area contributed by atoms with Crippen molar-refractivity contribution in [2.45, 2.75) is 33.4 Å². The molecule has 1 unspecified atom stereocenters. The number of urea groups is 1. The maximum absolute atomic E-state index is 13.5. The first-order valence-corrected chi connectivity index (χ1v) is 9.97. The zero-order valence-electron chi connectivity index (χ0n) is 17.3. The van der Waals surface area contributed by atoms with Gasteiger partial charge in [0, 0.05) is 11.9 Å². The quantitative estimate of drug-likeness (QED) is 0.639. The van der Waals surface area contributed by atoms with E-state index >= 15 is 0 Å². The Morgan fingerprint density at radius 1 is 1.14 bits per heavy atom. The van der Waals surface area contributed by atoms with Gasteiger partial charge in [-0.2, -0.15) is 0 Å². The number of nitrogens with zero attached hydrogens (tertiary/aromatic N) is 2. The summed E-state index contributed by atoms with van der Waals surface area (Å²) in [5, 5.41) is 3.09. The summed E-state index contributed by atoms with van der Waals surface area (Å²) in [4.78, 5) is 15.4. The second-order valence-electron chi connectivity index (χ2n) is 7.88. The predicted octanol–water partition coefficient (Wildman–Crippen LogP) is 5.54. The maximum Gasteiger partial charge on any atom is 0.322 e. The van der Waals surface area contributed by atoms with Crippen LogP contribution in [0.3, 0.4) is 0 Å². The molecule has 0 saturated heterocycles. The van der Waals surface area contributed by atoms with Gasteiger partial charge in [-0.3, -0.25) is 0 Å². The SMILES string of the molecule is COc1ccc(C)cc1NC(=O)N1Cc2ccccc2-n2cccc2C1C(C)C. The number of anilines is 1. The highest BCUT2D eigenvalue weighted by atomic mass is 16.5. The van der Waals surface area contributed by atoms with Gasteiger partial charge in [-0.15, -0.1) is 0 Å². The van der Waals surface area contributed by atoms with E-state index < -0.39 is 0 Å². The van der Waals surface area contributed by atoms with Crippen LogP contribution in [-0.2, 0) is 6.54 Å². The number of ether oxygens (including phenoxy) is 1. The molecule has 150 valence electrons. The first kappa shape index (κ1) is 19.1. The third-order valence-electron chi connectivity index (χ3n) is 5.50. The van der Waals surface area contributed by atoms with Crippen LogP contribution < -0.4 is 10.1 Å². The van der Waals surface area contributed by atoms with Gasteiger partial charge >= 0.3 is 6.03 Å². The summed E-state index contributed by atoms with van der Waals surface area (Å²) in [6, 6.07) is 18.1. The van der Waals surface area contributed by atoms with Gasteiger partial charge in [0.15, 0.2) is 0 Å². The third-order valence-corrected chi connectivity index (χ3v) is 5.50. The zero-order chi connectivity index (χ0) is 20.5. The van der Waals surface area contributed by atoms with Gasteiger partial charge in [0.25, 0.3) is 0 Å². The van der Waals surface area contributed by atoms with Crippen molar-refractivity contribution >= 4 is 11.7 Å². The highest BCUT2D eigenvalue weighted by Crippen LogP contribution is 2.37. The van der Waals surface area contributed by atoms with E-state index in [4.69, 9.17) is 4.74 Å². The molecule has 1 aromatic heterocycles. The summed E-state index contributed by atoms with van der Waals surface area (Å²) >= 11 is 0. The number of rotatable bonds is 3. The van der Waals surface area contributed by atoms with Crippen LogP contribution in [0, 0.1) is 12.8 Å². The van der Waals surface area contributed by atoms with E-state index in [9.17, 15) is 4.79 Å². The monoisotopic (exact) mass is 389 g/mol. The molecule has 0 radical (unpaired) electrons. The molecule has 3 aromatic rings. The Hall–Kier alpha value is -3.21. The average Bonchev–Trinajstić information content (AvgIpc) is 3.11. The van der Waals surface area contributed by atoms with E-state index in [-0.39, 0.29) is 18.0 Å². The van der Waals surface area contributed by atoms with Crippen molar-refractivity contribution in [3.8, 4) is 11.4 Å². The zero-order valence-corrected chi connectivity index (χ0v) is 17.3. The number of aromatic nitrogens is 1.